The molecule has 0 amide bonds. The van der Waals surface area contributed by atoms with Gasteiger partial charge in [0.15, 0.2) is 11.5 Å². The highest BCUT2D eigenvalue weighted by Gasteiger charge is 2.27. The number of para-hydroxylation sites is 1. The van der Waals surface area contributed by atoms with E-state index in [2.05, 4.69) is 23.9 Å². The van der Waals surface area contributed by atoms with Crippen LogP contribution in [0.1, 0.15) is 37.5 Å². The van der Waals surface area contributed by atoms with Crippen LogP contribution in [-0.4, -0.2) is 51.1 Å². The number of ether oxygens (including phenoxy) is 3. The lowest BCUT2D eigenvalue weighted by molar-refractivity contribution is 0.112. The van der Waals surface area contributed by atoms with E-state index in [1.807, 2.05) is 42.5 Å². The molecular weight excluding hydrogens is 368 g/mol. The van der Waals surface area contributed by atoms with Crippen LogP contribution in [0.3, 0.4) is 0 Å². The molecular formula is C23H30N2O4. The van der Waals surface area contributed by atoms with Gasteiger partial charge in [-0.1, -0.05) is 37.2 Å². The Morgan fingerprint density at radius 3 is 2.52 bits per heavy atom. The van der Waals surface area contributed by atoms with Gasteiger partial charge in [0.25, 0.3) is 0 Å². The highest BCUT2D eigenvalue weighted by Crippen LogP contribution is 2.38. The molecule has 0 aliphatic carbocycles. The molecule has 6 heteroatoms. The molecule has 6 nitrogen and oxygen atoms in total. The number of oxime groups is 1. The fourth-order valence-corrected chi connectivity index (χ4v) is 3.45. The predicted molar refractivity (Wildman–Crippen MR) is 114 cm³/mol. The minimum absolute atomic E-state index is 0.171. The number of hydrogen-bond donors (Lipinski definition) is 0. The number of rotatable bonds is 9. The summed E-state index contributed by atoms with van der Waals surface area (Å²) >= 11 is 0. The quantitative estimate of drug-likeness (QED) is 0.466. The molecule has 0 fully saturated rings. The number of hydrogen-bond acceptors (Lipinski definition) is 6. The minimum atomic E-state index is -0.171. The first-order chi connectivity index (χ1) is 14.2. The molecule has 0 saturated heterocycles. The maximum Gasteiger partial charge on any atom is 0.161 e. The third-order valence-corrected chi connectivity index (χ3v) is 5.19. The molecule has 3 rings (SSSR count). The van der Waals surface area contributed by atoms with Gasteiger partial charge in [-0.05, 0) is 42.9 Å². The SMILES string of the molecule is CCN(CC)CCO/N=C1/C[C@H](c2ccc(OC)c(OC)c2)Oc2ccccc21. The highest BCUT2D eigenvalue weighted by atomic mass is 16.6. The molecule has 156 valence electrons. The summed E-state index contributed by atoms with van der Waals surface area (Å²) in [6, 6.07) is 13.8. The zero-order chi connectivity index (χ0) is 20.6. The van der Waals surface area contributed by atoms with Gasteiger partial charge in [0.1, 0.15) is 18.5 Å². The van der Waals surface area contributed by atoms with Crippen molar-refractivity contribution in [1.29, 1.82) is 0 Å². The van der Waals surface area contributed by atoms with E-state index >= 15 is 0 Å². The largest absolute Gasteiger partial charge is 0.493 e. The Balaban J connectivity index is 1.80. The summed E-state index contributed by atoms with van der Waals surface area (Å²) in [5, 5.41) is 4.47. The van der Waals surface area contributed by atoms with Crippen LogP contribution in [0.15, 0.2) is 47.6 Å². The zero-order valence-electron chi connectivity index (χ0n) is 17.7. The van der Waals surface area contributed by atoms with E-state index in [0.29, 0.717) is 24.5 Å². The van der Waals surface area contributed by atoms with Gasteiger partial charge in [-0.3, -0.25) is 0 Å². The summed E-state index contributed by atoms with van der Waals surface area (Å²) in [7, 11) is 3.26. The molecule has 0 saturated carbocycles. The second-order valence-electron chi connectivity index (χ2n) is 6.82. The first kappa shape index (κ1) is 21.0. The molecule has 0 aromatic heterocycles. The minimum Gasteiger partial charge on any atom is -0.493 e. The Kier molecular flexibility index (Phi) is 7.36. The Morgan fingerprint density at radius 1 is 1.03 bits per heavy atom. The average molecular weight is 399 g/mol. The molecule has 2 aromatic carbocycles. The van der Waals surface area contributed by atoms with Crippen molar-refractivity contribution in [3.05, 3.63) is 53.6 Å². The van der Waals surface area contributed by atoms with E-state index in [4.69, 9.17) is 19.0 Å². The van der Waals surface area contributed by atoms with Crippen LogP contribution < -0.4 is 14.2 Å². The van der Waals surface area contributed by atoms with Gasteiger partial charge in [-0.2, -0.15) is 0 Å². The standard InChI is InChI=1S/C23H30N2O4/c1-5-25(6-2)13-14-28-24-19-16-22(29-20-10-8-7-9-18(19)20)17-11-12-21(26-3)23(15-17)27-4/h7-12,15,22H,5-6,13-14,16H2,1-4H3/b24-19-/t22-/m1/s1. The van der Waals surface area contributed by atoms with E-state index in [1.54, 1.807) is 14.2 Å². The summed E-state index contributed by atoms with van der Waals surface area (Å²) in [5.74, 6) is 2.19. The third kappa shape index (κ3) is 5.01. The fraction of sp³-hybridized carbons (Fsp3) is 0.435. The molecule has 1 atom stereocenters. The molecule has 2 aromatic rings. The fourth-order valence-electron chi connectivity index (χ4n) is 3.45. The maximum absolute atomic E-state index is 6.26. The van der Waals surface area contributed by atoms with Crippen molar-refractivity contribution >= 4 is 5.71 Å². The van der Waals surface area contributed by atoms with Crippen molar-refractivity contribution in [3.8, 4) is 17.2 Å². The van der Waals surface area contributed by atoms with Crippen molar-refractivity contribution in [3.63, 3.8) is 0 Å². The molecule has 0 N–H and O–H groups in total. The van der Waals surface area contributed by atoms with Crippen LogP contribution in [0, 0.1) is 0 Å². The topological polar surface area (TPSA) is 52.5 Å². The van der Waals surface area contributed by atoms with Crippen LogP contribution in [0.5, 0.6) is 17.2 Å². The summed E-state index contributed by atoms with van der Waals surface area (Å²) in [4.78, 5) is 7.99. The Hall–Kier alpha value is -2.73. The smallest absolute Gasteiger partial charge is 0.161 e. The number of methoxy groups -OCH3 is 2. The normalized spacial score (nSPS) is 17.0. The van der Waals surface area contributed by atoms with Gasteiger partial charge in [-0.25, -0.2) is 0 Å². The van der Waals surface area contributed by atoms with Crippen LogP contribution in [-0.2, 0) is 4.84 Å². The van der Waals surface area contributed by atoms with E-state index < -0.39 is 0 Å². The van der Waals surface area contributed by atoms with E-state index in [-0.39, 0.29) is 6.10 Å². The summed E-state index contributed by atoms with van der Waals surface area (Å²) in [5.41, 5.74) is 2.88. The van der Waals surface area contributed by atoms with Crippen LogP contribution in [0.2, 0.25) is 0 Å². The van der Waals surface area contributed by atoms with Crippen LogP contribution in [0.4, 0.5) is 0 Å². The number of nitrogens with zero attached hydrogens (tertiary/aromatic N) is 2. The van der Waals surface area contributed by atoms with Crippen LogP contribution >= 0.6 is 0 Å². The predicted octanol–water partition coefficient (Wildman–Crippen LogP) is 4.29. The number of benzene rings is 2. The lowest BCUT2D eigenvalue weighted by Gasteiger charge is -2.27. The monoisotopic (exact) mass is 398 g/mol. The van der Waals surface area contributed by atoms with Gasteiger partial charge in [0, 0.05) is 18.5 Å². The van der Waals surface area contributed by atoms with Gasteiger partial charge < -0.3 is 23.9 Å². The van der Waals surface area contributed by atoms with E-state index in [1.165, 1.54) is 0 Å². The Labute approximate surface area is 173 Å². The summed E-state index contributed by atoms with van der Waals surface area (Å²) in [6.45, 7) is 7.74. The van der Waals surface area contributed by atoms with Gasteiger partial charge in [0.05, 0.1) is 19.9 Å². The molecule has 0 radical (unpaired) electrons. The second kappa shape index (κ2) is 10.2. The average Bonchev–Trinajstić information content (AvgIpc) is 2.78. The second-order valence-corrected chi connectivity index (χ2v) is 6.82. The number of fused-ring (bicyclic) bond motifs is 1. The lowest BCUT2D eigenvalue weighted by Crippen LogP contribution is -2.27. The molecule has 0 unspecified atom stereocenters. The molecule has 1 aliphatic rings. The summed E-state index contributed by atoms with van der Waals surface area (Å²) in [6.07, 6.45) is 0.451. The molecule has 0 spiro atoms. The van der Waals surface area contributed by atoms with Gasteiger partial charge in [0.2, 0.25) is 0 Å². The first-order valence-electron chi connectivity index (χ1n) is 10.1. The Morgan fingerprint density at radius 2 is 1.79 bits per heavy atom. The van der Waals surface area contributed by atoms with Crippen molar-refractivity contribution in [1.82, 2.24) is 4.90 Å². The Bertz CT molecular complexity index is 833. The van der Waals surface area contributed by atoms with Crippen LogP contribution in [0.25, 0.3) is 0 Å². The molecule has 0 bridgehead atoms. The van der Waals surface area contributed by atoms with E-state index in [9.17, 15) is 0 Å². The van der Waals surface area contributed by atoms with Gasteiger partial charge in [-0.15, -0.1) is 0 Å². The molecule has 29 heavy (non-hydrogen) atoms. The highest BCUT2D eigenvalue weighted by molar-refractivity contribution is 6.03. The van der Waals surface area contributed by atoms with Crippen molar-refractivity contribution in [2.75, 3.05) is 40.5 Å². The maximum atomic E-state index is 6.26. The molecule has 1 heterocycles. The van der Waals surface area contributed by atoms with Crippen molar-refractivity contribution in [2.24, 2.45) is 5.16 Å². The lowest BCUT2D eigenvalue weighted by atomic mass is 9.95. The first-order valence-corrected chi connectivity index (χ1v) is 10.1. The van der Waals surface area contributed by atoms with Crippen molar-refractivity contribution in [2.45, 2.75) is 26.4 Å². The third-order valence-electron chi connectivity index (χ3n) is 5.19. The molecule has 1 aliphatic heterocycles. The zero-order valence-corrected chi connectivity index (χ0v) is 17.7. The van der Waals surface area contributed by atoms with E-state index in [0.717, 1.165) is 42.2 Å². The van der Waals surface area contributed by atoms with Gasteiger partial charge >= 0.3 is 0 Å². The summed E-state index contributed by atoms with van der Waals surface area (Å²) < 4.78 is 17.1. The van der Waals surface area contributed by atoms with Crippen molar-refractivity contribution < 1.29 is 19.0 Å². The number of likely N-dealkylation sites (N-methyl/N-ethyl adjacent to an activating group) is 1.